The number of para-hydroxylation sites is 1. The molecular weight excluding hydrogens is 150 g/mol. The first kappa shape index (κ1) is 7.62. The first-order chi connectivity index (χ1) is 5.86. The number of nitrogens with zero attached hydrogens (tertiary/aromatic N) is 1. The molecule has 1 atom stereocenters. The largest absolute Gasteiger partial charge is 0.372 e. The van der Waals surface area contributed by atoms with Crippen LogP contribution in [0.25, 0.3) is 0 Å². The summed E-state index contributed by atoms with van der Waals surface area (Å²) >= 11 is 0. The van der Waals surface area contributed by atoms with E-state index in [1.807, 2.05) is 6.07 Å². The molecule has 12 heavy (non-hydrogen) atoms. The van der Waals surface area contributed by atoms with Crippen molar-refractivity contribution in [2.45, 2.75) is 6.10 Å². The van der Waals surface area contributed by atoms with Gasteiger partial charge in [-0.3, -0.25) is 0 Å². The second-order valence-corrected chi connectivity index (χ2v) is 3.17. The molecule has 1 aromatic carbocycles. The predicted molar refractivity (Wildman–Crippen MR) is 49.5 cm³/mol. The Labute approximate surface area is 72.8 Å². The van der Waals surface area contributed by atoms with Crippen molar-refractivity contribution in [2.24, 2.45) is 0 Å². The molecule has 1 aliphatic rings. The summed E-state index contributed by atoms with van der Waals surface area (Å²) in [5, 5.41) is 0. The van der Waals surface area contributed by atoms with Crippen molar-refractivity contribution in [3.05, 3.63) is 30.3 Å². The van der Waals surface area contributed by atoms with E-state index in [9.17, 15) is 0 Å². The Balaban J connectivity index is 1.98. The molecular formula is C10H13NO. The van der Waals surface area contributed by atoms with E-state index in [0.717, 1.165) is 13.2 Å². The molecule has 0 unspecified atom stereocenters. The monoisotopic (exact) mass is 163 g/mol. The molecule has 64 valence electrons. The average molecular weight is 163 g/mol. The SMILES string of the molecule is CN(C[C@H]1CO1)c1ccccc1. The summed E-state index contributed by atoms with van der Waals surface area (Å²) in [5.74, 6) is 0. The van der Waals surface area contributed by atoms with E-state index >= 15 is 0 Å². The van der Waals surface area contributed by atoms with Crippen LogP contribution in [0.5, 0.6) is 0 Å². The molecule has 1 heterocycles. The van der Waals surface area contributed by atoms with Crippen LogP contribution < -0.4 is 4.90 Å². The van der Waals surface area contributed by atoms with Gasteiger partial charge in [0.1, 0.15) is 0 Å². The topological polar surface area (TPSA) is 15.8 Å². The smallest absolute Gasteiger partial charge is 0.0984 e. The number of anilines is 1. The van der Waals surface area contributed by atoms with E-state index in [4.69, 9.17) is 4.74 Å². The molecule has 0 saturated carbocycles. The summed E-state index contributed by atoms with van der Waals surface area (Å²) in [6, 6.07) is 10.4. The quantitative estimate of drug-likeness (QED) is 0.628. The average Bonchev–Trinajstić information content (AvgIpc) is 2.90. The van der Waals surface area contributed by atoms with Crippen LogP contribution in [0.3, 0.4) is 0 Å². The molecule has 0 radical (unpaired) electrons. The highest BCUT2D eigenvalue weighted by Gasteiger charge is 2.23. The number of likely N-dealkylation sites (N-methyl/N-ethyl adjacent to an activating group) is 1. The molecule has 0 aliphatic carbocycles. The third-order valence-corrected chi connectivity index (χ3v) is 2.08. The summed E-state index contributed by atoms with van der Waals surface area (Å²) in [6.07, 6.45) is 0.468. The third kappa shape index (κ3) is 1.77. The number of benzene rings is 1. The lowest BCUT2D eigenvalue weighted by Crippen LogP contribution is -2.22. The minimum absolute atomic E-state index is 0.468. The Bertz CT molecular complexity index is 243. The van der Waals surface area contributed by atoms with Crippen molar-refractivity contribution >= 4 is 5.69 Å². The molecule has 0 amide bonds. The van der Waals surface area contributed by atoms with Gasteiger partial charge in [0.25, 0.3) is 0 Å². The summed E-state index contributed by atoms with van der Waals surface area (Å²) in [7, 11) is 2.09. The van der Waals surface area contributed by atoms with Gasteiger partial charge < -0.3 is 9.64 Å². The van der Waals surface area contributed by atoms with E-state index in [0.29, 0.717) is 6.10 Å². The molecule has 1 saturated heterocycles. The van der Waals surface area contributed by atoms with E-state index < -0.39 is 0 Å². The van der Waals surface area contributed by atoms with E-state index in [2.05, 4.69) is 36.2 Å². The molecule has 2 nitrogen and oxygen atoms in total. The summed E-state index contributed by atoms with van der Waals surface area (Å²) in [5.41, 5.74) is 1.26. The molecule has 0 N–H and O–H groups in total. The van der Waals surface area contributed by atoms with Gasteiger partial charge in [-0.1, -0.05) is 18.2 Å². The van der Waals surface area contributed by atoms with E-state index in [-0.39, 0.29) is 0 Å². The van der Waals surface area contributed by atoms with Gasteiger partial charge in [-0.05, 0) is 12.1 Å². The second kappa shape index (κ2) is 3.15. The lowest BCUT2D eigenvalue weighted by Gasteiger charge is -2.17. The van der Waals surface area contributed by atoms with Gasteiger partial charge >= 0.3 is 0 Å². The van der Waals surface area contributed by atoms with Crippen LogP contribution in [0.4, 0.5) is 5.69 Å². The molecule has 2 rings (SSSR count). The fourth-order valence-corrected chi connectivity index (χ4v) is 1.27. The van der Waals surface area contributed by atoms with Crippen molar-refractivity contribution in [1.29, 1.82) is 0 Å². The standard InChI is InChI=1S/C10H13NO/c1-11(7-10-8-12-10)9-5-3-2-4-6-9/h2-6,10H,7-8H2,1H3/t10-/m0/s1. The zero-order valence-electron chi connectivity index (χ0n) is 7.23. The zero-order valence-corrected chi connectivity index (χ0v) is 7.23. The lowest BCUT2D eigenvalue weighted by molar-refractivity contribution is 0.410. The van der Waals surface area contributed by atoms with Crippen molar-refractivity contribution in [3.8, 4) is 0 Å². The highest BCUT2D eigenvalue weighted by molar-refractivity contribution is 5.45. The Hall–Kier alpha value is -1.02. The van der Waals surface area contributed by atoms with Crippen LogP contribution in [0.2, 0.25) is 0 Å². The fraction of sp³-hybridized carbons (Fsp3) is 0.400. The Morgan fingerprint density at radius 3 is 2.67 bits per heavy atom. The van der Waals surface area contributed by atoms with Gasteiger partial charge in [0, 0.05) is 19.3 Å². The van der Waals surface area contributed by atoms with Gasteiger partial charge in [-0.25, -0.2) is 0 Å². The Morgan fingerprint density at radius 1 is 1.42 bits per heavy atom. The molecule has 0 bridgehead atoms. The van der Waals surface area contributed by atoms with Crippen LogP contribution in [0.15, 0.2) is 30.3 Å². The Morgan fingerprint density at radius 2 is 2.08 bits per heavy atom. The maximum atomic E-state index is 5.16. The highest BCUT2D eigenvalue weighted by atomic mass is 16.6. The molecule has 1 aliphatic heterocycles. The lowest BCUT2D eigenvalue weighted by atomic mass is 10.3. The summed E-state index contributed by atoms with van der Waals surface area (Å²) < 4.78 is 5.16. The van der Waals surface area contributed by atoms with E-state index in [1.54, 1.807) is 0 Å². The summed E-state index contributed by atoms with van der Waals surface area (Å²) in [6.45, 7) is 1.93. The Kier molecular flexibility index (Phi) is 2.00. The molecule has 1 fully saturated rings. The van der Waals surface area contributed by atoms with Crippen LogP contribution in [-0.2, 0) is 4.74 Å². The zero-order chi connectivity index (χ0) is 8.39. The molecule has 0 aromatic heterocycles. The first-order valence-corrected chi connectivity index (χ1v) is 4.24. The van der Waals surface area contributed by atoms with Crippen LogP contribution >= 0.6 is 0 Å². The maximum Gasteiger partial charge on any atom is 0.0984 e. The van der Waals surface area contributed by atoms with E-state index in [1.165, 1.54) is 5.69 Å². The minimum Gasteiger partial charge on any atom is -0.372 e. The number of rotatable bonds is 3. The van der Waals surface area contributed by atoms with Gasteiger partial charge in [0.05, 0.1) is 12.7 Å². The highest BCUT2D eigenvalue weighted by Crippen LogP contribution is 2.16. The third-order valence-electron chi connectivity index (χ3n) is 2.08. The number of ether oxygens (including phenoxy) is 1. The molecule has 1 aromatic rings. The number of hydrogen-bond donors (Lipinski definition) is 0. The van der Waals surface area contributed by atoms with Crippen molar-refractivity contribution in [1.82, 2.24) is 0 Å². The summed E-state index contributed by atoms with van der Waals surface area (Å²) in [4.78, 5) is 2.22. The maximum absolute atomic E-state index is 5.16. The normalized spacial score (nSPS) is 20.6. The van der Waals surface area contributed by atoms with Crippen LogP contribution in [0.1, 0.15) is 0 Å². The van der Waals surface area contributed by atoms with Gasteiger partial charge in [-0.15, -0.1) is 0 Å². The van der Waals surface area contributed by atoms with Crippen molar-refractivity contribution in [2.75, 3.05) is 25.1 Å². The van der Waals surface area contributed by atoms with Gasteiger partial charge in [0.15, 0.2) is 0 Å². The van der Waals surface area contributed by atoms with Crippen molar-refractivity contribution in [3.63, 3.8) is 0 Å². The van der Waals surface area contributed by atoms with Crippen LogP contribution in [0, 0.1) is 0 Å². The van der Waals surface area contributed by atoms with Gasteiger partial charge in [0.2, 0.25) is 0 Å². The molecule has 0 spiro atoms. The predicted octanol–water partition coefficient (Wildman–Crippen LogP) is 1.52. The number of hydrogen-bond acceptors (Lipinski definition) is 2. The molecule has 2 heteroatoms. The second-order valence-electron chi connectivity index (χ2n) is 3.17. The van der Waals surface area contributed by atoms with Crippen molar-refractivity contribution < 1.29 is 4.74 Å². The number of epoxide rings is 1. The first-order valence-electron chi connectivity index (χ1n) is 4.24. The van der Waals surface area contributed by atoms with Gasteiger partial charge in [-0.2, -0.15) is 0 Å². The van der Waals surface area contributed by atoms with Crippen LogP contribution in [-0.4, -0.2) is 26.3 Å². The minimum atomic E-state index is 0.468. The fourth-order valence-electron chi connectivity index (χ4n) is 1.27.